The Kier molecular flexibility index (Phi) is 2.70. The number of aliphatic hydroxyl groups excluding tert-OH is 1. The second kappa shape index (κ2) is 4.21. The molecule has 2 atom stereocenters. The Bertz CT molecular complexity index is 544. The van der Waals surface area contributed by atoms with Crippen molar-refractivity contribution in [2.24, 2.45) is 0 Å². The molecule has 0 aromatic carbocycles. The SMILES string of the molecule is OC[C@H]1CC[C@@H](n2cnc3c(Cl)ncnc32)O1. The van der Waals surface area contributed by atoms with E-state index in [0.717, 1.165) is 12.8 Å². The van der Waals surface area contributed by atoms with Gasteiger partial charge in [0.2, 0.25) is 0 Å². The predicted octanol–water partition coefficient (Wildman–Crippen LogP) is 1.15. The number of hydrogen-bond donors (Lipinski definition) is 1. The molecule has 0 radical (unpaired) electrons. The molecule has 1 aliphatic heterocycles. The van der Waals surface area contributed by atoms with E-state index in [1.807, 2.05) is 4.57 Å². The van der Waals surface area contributed by atoms with Crippen LogP contribution in [0.15, 0.2) is 12.7 Å². The third-order valence-electron chi connectivity index (χ3n) is 2.91. The highest BCUT2D eigenvalue weighted by Crippen LogP contribution is 2.30. The van der Waals surface area contributed by atoms with Gasteiger partial charge in [-0.1, -0.05) is 11.6 Å². The van der Waals surface area contributed by atoms with Crippen LogP contribution in [0.25, 0.3) is 11.2 Å². The molecule has 0 saturated carbocycles. The zero-order chi connectivity index (χ0) is 11.8. The van der Waals surface area contributed by atoms with Crippen molar-refractivity contribution in [1.82, 2.24) is 19.5 Å². The maximum Gasteiger partial charge on any atom is 0.166 e. The van der Waals surface area contributed by atoms with Gasteiger partial charge in [0.1, 0.15) is 18.1 Å². The van der Waals surface area contributed by atoms with Crippen molar-refractivity contribution < 1.29 is 9.84 Å². The first kappa shape index (κ1) is 10.9. The third-order valence-corrected chi connectivity index (χ3v) is 3.19. The van der Waals surface area contributed by atoms with Crippen LogP contribution in [0, 0.1) is 0 Å². The van der Waals surface area contributed by atoms with Gasteiger partial charge in [-0.25, -0.2) is 15.0 Å². The summed E-state index contributed by atoms with van der Waals surface area (Å²) in [5.74, 6) is 0. The van der Waals surface area contributed by atoms with Crippen LogP contribution in [-0.4, -0.2) is 37.3 Å². The molecule has 1 saturated heterocycles. The van der Waals surface area contributed by atoms with Gasteiger partial charge in [0.05, 0.1) is 19.0 Å². The van der Waals surface area contributed by atoms with Crippen molar-refractivity contribution in [3.63, 3.8) is 0 Å². The van der Waals surface area contributed by atoms with Gasteiger partial charge < -0.3 is 9.84 Å². The number of nitrogens with zero attached hydrogens (tertiary/aromatic N) is 4. The smallest absolute Gasteiger partial charge is 0.166 e. The Morgan fingerprint density at radius 1 is 1.41 bits per heavy atom. The van der Waals surface area contributed by atoms with E-state index in [4.69, 9.17) is 21.4 Å². The van der Waals surface area contributed by atoms with E-state index in [1.165, 1.54) is 6.33 Å². The largest absolute Gasteiger partial charge is 0.394 e. The minimum absolute atomic E-state index is 0.0405. The van der Waals surface area contributed by atoms with Gasteiger partial charge in [0.25, 0.3) is 0 Å². The summed E-state index contributed by atoms with van der Waals surface area (Å²) in [6, 6.07) is 0. The fourth-order valence-corrected chi connectivity index (χ4v) is 2.24. The summed E-state index contributed by atoms with van der Waals surface area (Å²) in [4.78, 5) is 12.2. The standard InChI is InChI=1S/C10H11ClN4O2/c11-9-8-10(13-4-12-9)15(5-14-8)7-2-1-6(3-16)17-7/h4-7,16H,1-3H2/t6-,7+/m1/s1. The molecule has 1 fully saturated rings. The zero-order valence-corrected chi connectivity index (χ0v) is 9.71. The lowest BCUT2D eigenvalue weighted by Crippen LogP contribution is -2.14. The van der Waals surface area contributed by atoms with Gasteiger partial charge in [-0.15, -0.1) is 0 Å². The molecule has 7 heteroatoms. The number of aliphatic hydroxyl groups is 1. The molecular weight excluding hydrogens is 244 g/mol. The molecule has 1 N–H and O–H groups in total. The molecule has 0 amide bonds. The number of fused-ring (bicyclic) bond motifs is 1. The van der Waals surface area contributed by atoms with Crippen molar-refractivity contribution in [2.45, 2.75) is 25.2 Å². The van der Waals surface area contributed by atoms with Crippen molar-refractivity contribution in [1.29, 1.82) is 0 Å². The topological polar surface area (TPSA) is 73.1 Å². The Morgan fingerprint density at radius 3 is 3.06 bits per heavy atom. The van der Waals surface area contributed by atoms with Crippen LogP contribution in [0.1, 0.15) is 19.1 Å². The maximum absolute atomic E-state index is 9.04. The Morgan fingerprint density at radius 2 is 2.29 bits per heavy atom. The Labute approximate surface area is 102 Å². The molecule has 6 nitrogen and oxygen atoms in total. The number of ether oxygens (including phenoxy) is 1. The summed E-state index contributed by atoms with van der Waals surface area (Å²) < 4.78 is 7.50. The van der Waals surface area contributed by atoms with Gasteiger partial charge >= 0.3 is 0 Å². The Hall–Kier alpha value is -1.24. The maximum atomic E-state index is 9.04. The first-order valence-electron chi connectivity index (χ1n) is 5.39. The molecule has 0 spiro atoms. The highest BCUT2D eigenvalue weighted by atomic mass is 35.5. The summed E-state index contributed by atoms with van der Waals surface area (Å²) in [5.41, 5.74) is 1.24. The van der Waals surface area contributed by atoms with Gasteiger partial charge in [-0.05, 0) is 12.8 Å². The van der Waals surface area contributed by atoms with E-state index in [-0.39, 0.29) is 18.9 Å². The molecule has 17 heavy (non-hydrogen) atoms. The van der Waals surface area contributed by atoms with Gasteiger partial charge in [0.15, 0.2) is 10.8 Å². The fraction of sp³-hybridized carbons (Fsp3) is 0.500. The minimum Gasteiger partial charge on any atom is -0.394 e. The molecule has 0 unspecified atom stereocenters. The van der Waals surface area contributed by atoms with Gasteiger partial charge in [0, 0.05) is 0 Å². The number of hydrogen-bond acceptors (Lipinski definition) is 5. The molecule has 1 aliphatic rings. The second-order valence-corrected chi connectivity index (χ2v) is 4.32. The summed E-state index contributed by atoms with van der Waals surface area (Å²) >= 11 is 5.93. The Balaban J connectivity index is 1.99. The zero-order valence-electron chi connectivity index (χ0n) is 8.95. The van der Waals surface area contributed by atoms with Crippen LogP contribution < -0.4 is 0 Å². The normalized spacial score (nSPS) is 24.6. The van der Waals surface area contributed by atoms with Gasteiger partial charge in [-0.2, -0.15) is 0 Å². The van der Waals surface area contributed by atoms with Gasteiger partial charge in [-0.3, -0.25) is 4.57 Å². The van der Waals surface area contributed by atoms with Crippen molar-refractivity contribution in [3.8, 4) is 0 Å². The summed E-state index contributed by atoms with van der Waals surface area (Å²) in [6.07, 6.45) is 4.48. The first-order chi connectivity index (χ1) is 8.29. The summed E-state index contributed by atoms with van der Waals surface area (Å²) in [5, 5.41) is 9.38. The predicted molar refractivity (Wildman–Crippen MR) is 60.6 cm³/mol. The van der Waals surface area contributed by atoms with E-state index >= 15 is 0 Å². The molecule has 0 bridgehead atoms. The van der Waals surface area contributed by atoms with E-state index in [9.17, 15) is 0 Å². The third kappa shape index (κ3) is 1.78. The number of imidazole rings is 1. The molecule has 3 heterocycles. The molecular formula is C10H11ClN4O2. The molecule has 0 aliphatic carbocycles. The van der Waals surface area contributed by atoms with Crippen LogP contribution in [-0.2, 0) is 4.74 Å². The number of rotatable bonds is 2. The lowest BCUT2D eigenvalue weighted by atomic mass is 10.2. The molecule has 3 rings (SSSR count). The molecule has 2 aromatic rings. The average Bonchev–Trinajstić information content (AvgIpc) is 2.94. The van der Waals surface area contributed by atoms with E-state index in [0.29, 0.717) is 16.3 Å². The van der Waals surface area contributed by atoms with Crippen LogP contribution in [0.4, 0.5) is 0 Å². The van der Waals surface area contributed by atoms with E-state index in [1.54, 1.807) is 6.33 Å². The second-order valence-electron chi connectivity index (χ2n) is 3.96. The summed E-state index contributed by atoms with van der Waals surface area (Å²) in [7, 11) is 0. The quantitative estimate of drug-likeness (QED) is 0.814. The molecule has 90 valence electrons. The van der Waals surface area contributed by atoms with Crippen LogP contribution in [0.3, 0.4) is 0 Å². The van der Waals surface area contributed by atoms with Crippen molar-refractivity contribution in [2.75, 3.05) is 6.61 Å². The molecule has 2 aromatic heterocycles. The van der Waals surface area contributed by atoms with Crippen LogP contribution >= 0.6 is 11.6 Å². The highest BCUT2D eigenvalue weighted by Gasteiger charge is 2.27. The van der Waals surface area contributed by atoms with Crippen molar-refractivity contribution in [3.05, 3.63) is 17.8 Å². The minimum atomic E-state index is -0.136. The van der Waals surface area contributed by atoms with E-state index < -0.39 is 0 Å². The van der Waals surface area contributed by atoms with Crippen LogP contribution in [0.2, 0.25) is 5.15 Å². The van der Waals surface area contributed by atoms with Crippen molar-refractivity contribution >= 4 is 22.8 Å². The lowest BCUT2D eigenvalue weighted by Gasteiger charge is -2.13. The number of aromatic nitrogens is 4. The highest BCUT2D eigenvalue weighted by molar-refractivity contribution is 6.33. The average molecular weight is 255 g/mol. The van der Waals surface area contributed by atoms with E-state index in [2.05, 4.69) is 15.0 Å². The first-order valence-corrected chi connectivity index (χ1v) is 5.76. The van der Waals surface area contributed by atoms with Crippen LogP contribution in [0.5, 0.6) is 0 Å². The number of halogens is 1. The lowest BCUT2D eigenvalue weighted by molar-refractivity contribution is -0.0207. The monoisotopic (exact) mass is 254 g/mol. The summed E-state index contributed by atoms with van der Waals surface area (Å²) in [6.45, 7) is 0.0405. The fourth-order valence-electron chi connectivity index (χ4n) is 2.06.